The predicted molar refractivity (Wildman–Crippen MR) is 98.8 cm³/mol. The van der Waals surface area contributed by atoms with Gasteiger partial charge >= 0.3 is 0 Å². The average Bonchev–Trinajstić information content (AvgIpc) is 3.33. The van der Waals surface area contributed by atoms with Crippen molar-refractivity contribution in [2.24, 2.45) is 7.05 Å². The lowest BCUT2D eigenvalue weighted by Crippen LogP contribution is -2.40. The minimum Gasteiger partial charge on any atom is -0.479 e. The first-order valence-corrected chi connectivity index (χ1v) is 8.58. The molecule has 9 nitrogen and oxygen atoms in total. The third-order valence-electron chi connectivity index (χ3n) is 4.66. The second-order valence-electron chi connectivity index (χ2n) is 6.48. The van der Waals surface area contributed by atoms with Crippen LogP contribution in [-0.4, -0.2) is 63.3 Å². The quantitative estimate of drug-likeness (QED) is 0.683. The molecule has 2 amide bonds. The summed E-state index contributed by atoms with van der Waals surface area (Å²) >= 11 is 0. The summed E-state index contributed by atoms with van der Waals surface area (Å²) < 4.78 is 8.67. The number of hydrogen-bond acceptors (Lipinski definition) is 5. The molecule has 0 aliphatic carbocycles. The number of methoxy groups -OCH3 is 1. The molecule has 0 atom stereocenters. The van der Waals surface area contributed by atoms with E-state index >= 15 is 0 Å². The van der Waals surface area contributed by atoms with E-state index in [2.05, 4.69) is 10.1 Å². The summed E-state index contributed by atoms with van der Waals surface area (Å²) in [6.07, 6.45) is 1.58. The van der Waals surface area contributed by atoms with Crippen molar-refractivity contribution < 1.29 is 14.3 Å². The van der Waals surface area contributed by atoms with E-state index in [9.17, 15) is 9.59 Å². The van der Waals surface area contributed by atoms with Gasteiger partial charge in [0.05, 0.1) is 18.1 Å². The van der Waals surface area contributed by atoms with Crippen molar-refractivity contribution >= 4 is 28.8 Å². The van der Waals surface area contributed by atoms with E-state index in [0.29, 0.717) is 24.6 Å². The highest BCUT2D eigenvalue weighted by molar-refractivity contribution is 6.01. The summed E-state index contributed by atoms with van der Waals surface area (Å²) in [5, 5.41) is 4.08. The molecule has 0 bridgehead atoms. The van der Waals surface area contributed by atoms with Gasteiger partial charge in [-0.25, -0.2) is 4.98 Å². The molecule has 9 heteroatoms. The zero-order chi connectivity index (χ0) is 19.1. The van der Waals surface area contributed by atoms with Gasteiger partial charge in [0.1, 0.15) is 12.1 Å². The molecule has 0 radical (unpaired) electrons. The fourth-order valence-corrected chi connectivity index (χ4v) is 3.36. The smallest absolute Gasteiger partial charge is 0.261 e. The molecule has 0 spiro atoms. The van der Waals surface area contributed by atoms with E-state index in [4.69, 9.17) is 4.74 Å². The van der Waals surface area contributed by atoms with Crippen molar-refractivity contribution in [3.05, 3.63) is 36.0 Å². The van der Waals surface area contributed by atoms with E-state index in [1.807, 2.05) is 28.8 Å². The Labute approximate surface area is 155 Å². The number of hydrogen-bond donors (Lipinski definition) is 0. The fraction of sp³-hybridized carbons (Fsp3) is 0.333. The molecule has 27 heavy (non-hydrogen) atoms. The first-order valence-electron chi connectivity index (χ1n) is 8.58. The summed E-state index contributed by atoms with van der Waals surface area (Å²) in [7, 11) is 4.75. The molecule has 3 aromatic rings. The van der Waals surface area contributed by atoms with Crippen molar-refractivity contribution in [2.45, 2.75) is 6.54 Å². The molecule has 0 N–H and O–H groups in total. The Kier molecular flexibility index (Phi) is 4.06. The molecule has 1 aliphatic rings. The summed E-state index contributed by atoms with van der Waals surface area (Å²) in [6, 6.07) is 7.79. The van der Waals surface area contributed by atoms with Crippen LogP contribution in [-0.2, 0) is 18.4 Å². The number of para-hydroxylation sites is 2. The fourth-order valence-electron chi connectivity index (χ4n) is 3.36. The van der Waals surface area contributed by atoms with Crippen molar-refractivity contribution in [3.63, 3.8) is 0 Å². The van der Waals surface area contributed by atoms with Crippen LogP contribution in [0, 0.1) is 0 Å². The molecule has 2 aromatic heterocycles. The molecule has 1 aliphatic heterocycles. The third-order valence-corrected chi connectivity index (χ3v) is 4.66. The number of aromatic nitrogens is 4. The lowest BCUT2D eigenvalue weighted by molar-refractivity contribution is -0.119. The zero-order valence-corrected chi connectivity index (χ0v) is 15.4. The first kappa shape index (κ1) is 17.1. The van der Waals surface area contributed by atoms with Gasteiger partial charge in [-0.2, -0.15) is 0 Å². The minimum atomic E-state index is -0.319. The van der Waals surface area contributed by atoms with Crippen LogP contribution in [0.2, 0.25) is 0 Å². The number of imidazole rings is 1. The topological polar surface area (TPSA) is 85.5 Å². The lowest BCUT2D eigenvalue weighted by atomic mass is 10.3. The Morgan fingerprint density at radius 1 is 1.26 bits per heavy atom. The number of nitrogens with zero attached hydrogens (tertiary/aromatic N) is 6. The first-order chi connectivity index (χ1) is 13.0. The van der Waals surface area contributed by atoms with Gasteiger partial charge in [0.2, 0.25) is 17.7 Å². The lowest BCUT2D eigenvalue weighted by Gasteiger charge is -2.20. The molecule has 0 fully saturated rings. The van der Waals surface area contributed by atoms with E-state index in [1.165, 1.54) is 16.7 Å². The van der Waals surface area contributed by atoms with Crippen LogP contribution in [0.15, 0.2) is 30.5 Å². The highest BCUT2D eigenvalue weighted by Gasteiger charge is 2.30. The van der Waals surface area contributed by atoms with Crippen LogP contribution in [0.3, 0.4) is 0 Å². The Balaban J connectivity index is 1.52. The highest BCUT2D eigenvalue weighted by atomic mass is 16.5. The third kappa shape index (κ3) is 2.80. The van der Waals surface area contributed by atoms with Crippen LogP contribution in [0.1, 0.15) is 10.4 Å². The Bertz CT molecular complexity index is 1040. The summed E-state index contributed by atoms with van der Waals surface area (Å²) in [5.74, 6) is 0.370. The largest absolute Gasteiger partial charge is 0.479 e. The minimum absolute atomic E-state index is 0.0555. The van der Waals surface area contributed by atoms with E-state index in [-0.39, 0.29) is 24.2 Å². The Morgan fingerprint density at radius 3 is 2.81 bits per heavy atom. The molecule has 4 rings (SSSR count). The number of rotatable bonds is 4. The molecule has 0 unspecified atom stereocenters. The van der Waals surface area contributed by atoms with Crippen LogP contribution >= 0.6 is 0 Å². The number of amides is 2. The number of fused-ring (bicyclic) bond motifs is 3. The van der Waals surface area contributed by atoms with Gasteiger partial charge in [-0.05, 0) is 12.1 Å². The van der Waals surface area contributed by atoms with E-state index in [1.54, 1.807) is 25.2 Å². The molecular weight excluding hydrogens is 348 g/mol. The summed E-state index contributed by atoms with van der Waals surface area (Å²) in [5.41, 5.74) is 2.19. The van der Waals surface area contributed by atoms with Crippen LogP contribution in [0.4, 0.5) is 5.95 Å². The highest BCUT2D eigenvalue weighted by Crippen LogP contribution is 2.27. The van der Waals surface area contributed by atoms with Crippen LogP contribution < -0.4 is 9.64 Å². The van der Waals surface area contributed by atoms with Gasteiger partial charge in [0.15, 0.2) is 0 Å². The van der Waals surface area contributed by atoms with Gasteiger partial charge < -0.3 is 14.2 Å². The van der Waals surface area contributed by atoms with E-state index < -0.39 is 0 Å². The maximum atomic E-state index is 12.8. The predicted octanol–water partition coefficient (Wildman–Crippen LogP) is 0.897. The van der Waals surface area contributed by atoms with Crippen molar-refractivity contribution in [2.75, 3.05) is 32.1 Å². The molecule has 0 saturated heterocycles. The van der Waals surface area contributed by atoms with Crippen LogP contribution in [0.25, 0.3) is 11.0 Å². The molecule has 140 valence electrons. The molecular formula is C18H20N6O3. The van der Waals surface area contributed by atoms with Gasteiger partial charge in [-0.3, -0.25) is 19.2 Å². The van der Waals surface area contributed by atoms with Gasteiger partial charge in [0.25, 0.3) is 5.91 Å². The van der Waals surface area contributed by atoms with Crippen molar-refractivity contribution in [1.82, 2.24) is 24.2 Å². The second-order valence-corrected chi connectivity index (χ2v) is 6.48. The van der Waals surface area contributed by atoms with Crippen molar-refractivity contribution in [3.8, 4) is 5.88 Å². The normalized spacial score (nSPS) is 13.1. The number of carbonyl (C=O) groups is 2. The number of ether oxygens (including phenoxy) is 1. The number of aryl methyl sites for hydroxylation is 1. The molecule has 3 heterocycles. The maximum absolute atomic E-state index is 12.8. The summed E-state index contributed by atoms with van der Waals surface area (Å²) in [6.45, 7) is 1.18. The molecule has 0 saturated carbocycles. The number of benzene rings is 1. The van der Waals surface area contributed by atoms with Gasteiger partial charge in [-0.15, -0.1) is 5.10 Å². The average molecular weight is 368 g/mol. The molecule has 1 aromatic carbocycles. The SMILES string of the molecule is COc1nn(C)cc1C(=O)N(C)CC(=O)N1CCn2c1nc1ccccc12. The Hall–Kier alpha value is -3.36. The van der Waals surface area contributed by atoms with Crippen LogP contribution in [0.5, 0.6) is 5.88 Å². The maximum Gasteiger partial charge on any atom is 0.261 e. The Morgan fingerprint density at radius 2 is 2.04 bits per heavy atom. The zero-order valence-electron chi connectivity index (χ0n) is 15.4. The second kappa shape index (κ2) is 6.42. The monoisotopic (exact) mass is 368 g/mol. The number of likely N-dealkylation sites (N-methyl/N-ethyl adjacent to an activating group) is 1. The summed E-state index contributed by atoms with van der Waals surface area (Å²) in [4.78, 5) is 33.1. The number of carbonyl (C=O) groups excluding carboxylic acids is 2. The number of anilines is 1. The van der Waals surface area contributed by atoms with E-state index in [0.717, 1.165) is 11.0 Å². The standard InChI is InChI=1S/C18H20N6O3/c1-21(17(26)12-10-22(2)20-16(12)27-3)11-15(25)24-9-8-23-14-7-5-4-6-13(14)19-18(23)24/h4-7,10H,8-9,11H2,1-3H3. The van der Waals surface area contributed by atoms with Gasteiger partial charge in [0, 0.05) is 33.4 Å². The van der Waals surface area contributed by atoms with Gasteiger partial charge in [-0.1, -0.05) is 12.1 Å². The van der Waals surface area contributed by atoms with Crippen molar-refractivity contribution in [1.29, 1.82) is 0 Å².